The maximum absolute atomic E-state index is 11.0. The molecule has 0 fully saturated rings. The molecule has 8 nitrogen and oxygen atoms in total. The first-order valence-corrected chi connectivity index (χ1v) is 4.37. The van der Waals surface area contributed by atoms with Gasteiger partial charge < -0.3 is 15.4 Å². The van der Waals surface area contributed by atoms with Crippen molar-refractivity contribution in [3.05, 3.63) is 34.4 Å². The van der Waals surface area contributed by atoms with Gasteiger partial charge in [-0.05, 0) is 13.0 Å². The van der Waals surface area contributed by atoms with Crippen molar-refractivity contribution in [1.29, 1.82) is 0 Å². The number of nitrogens with zero attached hydrogens (tertiary/aromatic N) is 1. The van der Waals surface area contributed by atoms with Crippen LogP contribution in [-0.4, -0.2) is 37.9 Å². The van der Waals surface area contributed by atoms with E-state index in [2.05, 4.69) is 0 Å². The van der Waals surface area contributed by atoms with Crippen LogP contribution in [0.25, 0.3) is 0 Å². The van der Waals surface area contributed by atoms with E-state index in [1.165, 1.54) is 31.2 Å². The zero-order valence-corrected chi connectivity index (χ0v) is 8.81. The second-order valence-corrected chi connectivity index (χ2v) is 3.18. The molecule has 1 aliphatic rings. The Bertz CT molecular complexity index is 383. The summed E-state index contributed by atoms with van der Waals surface area (Å²) in [7, 11) is 0. The van der Waals surface area contributed by atoms with Crippen LogP contribution < -0.4 is 0 Å². The van der Waals surface area contributed by atoms with Crippen LogP contribution in [0.3, 0.4) is 0 Å². The first kappa shape index (κ1) is 14.8. The highest BCUT2D eigenvalue weighted by atomic mass is 16.9. The molecule has 0 amide bonds. The molecule has 0 aromatic heterocycles. The Balaban J connectivity index is 0.000000557. The molecule has 0 saturated carbocycles. The molecular formula is C9H11NO7. The van der Waals surface area contributed by atoms with Gasteiger partial charge in [0.25, 0.3) is 5.09 Å². The number of ketones is 1. The number of aliphatic carboxylic acids is 1. The van der Waals surface area contributed by atoms with Gasteiger partial charge >= 0.3 is 5.97 Å². The SMILES string of the molecule is CC(=O)C1(O)C=CC=CC1C(=O)O.O=[N+]([O-])O. The molecule has 0 saturated heterocycles. The van der Waals surface area contributed by atoms with Crippen molar-refractivity contribution in [2.75, 3.05) is 0 Å². The van der Waals surface area contributed by atoms with E-state index in [1.807, 2.05) is 0 Å². The van der Waals surface area contributed by atoms with Crippen LogP contribution >= 0.6 is 0 Å². The highest BCUT2D eigenvalue weighted by Crippen LogP contribution is 2.25. The Kier molecular flexibility index (Phi) is 5.00. The Labute approximate surface area is 95.6 Å². The summed E-state index contributed by atoms with van der Waals surface area (Å²) in [5.41, 5.74) is -1.89. The predicted octanol–water partition coefficient (Wildman–Crippen LogP) is -0.214. The minimum Gasteiger partial charge on any atom is -0.481 e. The average Bonchev–Trinajstić information content (AvgIpc) is 2.16. The Morgan fingerprint density at radius 3 is 2.18 bits per heavy atom. The second kappa shape index (κ2) is 5.75. The number of carboxylic acids is 1. The molecule has 2 unspecified atom stereocenters. The number of Topliss-reactive ketones (excluding diaryl/α,β-unsaturated/α-hetero) is 1. The van der Waals surface area contributed by atoms with Gasteiger partial charge in [-0.3, -0.25) is 9.59 Å². The summed E-state index contributed by atoms with van der Waals surface area (Å²) in [5.74, 6) is -2.96. The lowest BCUT2D eigenvalue weighted by Gasteiger charge is -2.27. The molecule has 0 aromatic rings. The maximum atomic E-state index is 11.0. The first-order chi connectivity index (χ1) is 7.71. The molecule has 0 heterocycles. The number of carbonyl (C=O) groups excluding carboxylic acids is 1. The van der Waals surface area contributed by atoms with Gasteiger partial charge in [0.05, 0.1) is 0 Å². The molecular weight excluding hydrogens is 234 g/mol. The standard InChI is InChI=1S/C9H10O4.HNO3/c1-6(10)9(13)5-3-2-4-7(9)8(11)12;2-1(3)4/h2-5,7,13H,1H3,(H,11,12);(H,2,3,4). The third kappa shape index (κ3) is 4.03. The fourth-order valence-electron chi connectivity index (χ4n) is 1.23. The molecule has 2 atom stereocenters. The third-order valence-corrected chi connectivity index (χ3v) is 2.07. The van der Waals surface area contributed by atoms with Crippen molar-refractivity contribution >= 4 is 11.8 Å². The van der Waals surface area contributed by atoms with Crippen molar-refractivity contribution in [2.45, 2.75) is 12.5 Å². The molecule has 1 aliphatic carbocycles. The van der Waals surface area contributed by atoms with Crippen LogP contribution in [-0.2, 0) is 9.59 Å². The molecule has 17 heavy (non-hydrogen) atoms. The van der Waals surface area contributed by atoms with E-state index < -0.39 is 28.4 Å². The van der Waals surface area contributed by atoms with Crippen molar-refractivity contribution in [1.82, 2.24) is 0 Å². The van der Waals surface area contributed by atoms with Gasteiger partial charge in [-0.15, -0.1) is 10.1 Å². The largest absolute Gasteiger partial charge is 0.481 e. The molecule has 94 valence electrons. The Hall–Kier alpha value is -2.22. The molecule has 3 N–H and O–H groups in total. The number of rotatable bonds is 2. The molecule has 0 spiro atoms. The van der Waals surface area contributed by atoms with Crippen LogP contribution in [0.5, 0.6) is 0 Å². The summed E-state index contributed by atoms with van der Waals surface area (Å²) in [6.45, 7) is 1.17. The van der Waals surface area contributed by atoms with E-state index in [1.54, 1.807) is 0 Å². The number of aliphatic hydroxyl groups is 1. The fraction of sp³-hybridized carbons (Fsp3) is 0.333. The fourth-order valence-corrected chi connectivity index (χ4v) is 1.23. The Morgan fingerprint density at radius 2 is 1.88 bits per heavy atom. The predicted molar refractivity (Wildman–Crippen MR) is 53.8 cm³/mol. The van der Waals surface area contributed by atoms with Crippen LogP contribution in [0, 0.1) is 16.0 Å². The summed E-state index contributed by atoms with van der Waals surface area (Å²) in [6, 6.07) is 0. The van der Waals surface area contributed by atoms with Crippen LogP contribution in [0.4, 0.5) is 0 Å². The summed E-state index contributed by atoms with van der Waals surface area (Å²) < 4.78 is 0. The van der Waals surface area contributed by atoms with Gasteiger partial charge in [0.2, 0.25) is 0 Å². The smallest absolute Gasteiger partial charge is 0.314 e. The van der Waals surface area contributed by atoms with Crippen molar-refractivity contribution in [3.8, 4) is 0 Å². The van der Waals surface area contributed by atoms with Gasteiger partial charge in [-0.1, -0.05) is 18.2 Å². The van der Waals surface area contributed by atoms with E-state index in [4.69, 9.17) is 20.4 Å². The highest BCUT2D eigenvalue weighted by Gasteiger charge is 2.43. The average molecular weight is 245 g/mol. The highest BCUT2D eigenvalue weighted by molar-refractivity contribution is 5.93. The van der Waals surface area contributed by atoms with Crippen molar-refractivity contribution in [2.24, 2.45) is 5.92 Å². The quantitative estimate of drug-likeness (QED) is 0.451. The summed E-state index contributed by atoms with van der Waals surface area (Å²) >= 11 is 0. The maximum Gasteiger partial charge on any atom is 0.314 e. The molecule has 0 aromatic carbocycles. The minimum atomic E-state index is -1.89. The van der Waals surface area contributed by atoms with Gasteiger partial charge in [-0.25, -0.2) is 0 Å². The monoisotopic (exact) mass is 245 g/mol. The van der Waals surface area contributed by atoms with Gasteiger partial charge in [0.1, 0.15) is 5.92 Å². The van der Waals surface area contributed by atoms with Gasteiger partial charge in [-0.2, -0.15) is 0 Å². The number of allylic oxidation sites excluding steroid dienone is 2. The zero-order valence-electron chi connectivity index (χ0n) is 8.81. The van der Waals surface area contributed by atoms with E-state index in [0.29, 0.717) is 0 Å². The lowest BCUT2D eigenvalue weighted by Crippen LogP contribution is -2.46. The van der Waals surface area contributed by atoms with Gasteiger partial charge in [0.15, 0.2) is 11.4 Å². The number of carbonyl (C=O) groups is 2. The van der Waals surface area contributed by atoms with Crippen molar-refractivity contribution in [3.63, 3.8) is 0 Å². The van der Waals surface area contributed by atoms with Crippen LogP contribution in [0.2, 0.25) is 0 Å². The normalized spacial score (nSPS) is 25.6. The molecule has 8 heteroatoms. The minimum absolute atomic E-state index is 0.569. The zero-order chi connectivity index (χ0) is 13.6. The lowest BCUT2D eigenvalue weighted by atomic mass is 9.81. The van der Waals surface area contributed by atoms with E-state index in [-0.39, 0.29) is 0 Å². The summed E-state index contributed by atoms with van der Waals surface area (Å²) in [4.78, 5) is 30.1. The first-order valence-electron chi connectivity index (χ1n) is 4.37. The number of hydrogen-bond donors (Lipinski definition) is 3. The topological polar surface area (TPSA) is 138 Å². The third-order valence-electron chi connectivity index (χ3n) is 2.07. The van der Waals surface area contributed by atoms with E-state index in [0.717, 1.165) is 0 Å². The molecule has 0 bridgehead atoms. The van der Waals surface area contributed by atoms with E-state index >= 15 is 0 Å². The second-order valence-electron chi connectivity index (χ2n) is 3.18. The lowest BCUT2D eigenvalue weighted by molar-refractivity contribution is -0.742. The molecule has 1 rings (SSSR count). The van der Waals surface area contributed by atoms with Crippen LogP contribution in [0.1, 0.15) is 6.92 Å². The summed E-state index contributed by atoms with van der Waals surface area (Å²) in [5, 5.41) is 32.1. The molecule has 0 radical (unpaired) electrons. The number of hydrogen-bond acceptors (Lipinski definition) is 5. The number of carboxylic acid groups (broad SMARTS) is 1. The summed E-state index contributed by atoms with van der Waals surface area (Å²) in [6.07, 6.45) is 5.45. The molecule has 0 aliphatic heterocycles. The van der Waals surface area contributed by atoms with Gasteiger partial charge in [0, 0.05) is 0 Å². The van der Waals surface area contributed by atoms with E-state index in [9.17, 15) is 14.7 Å². The van der Waals surface area contributed by atoms with Crippen molar-refractivity contribution < 1.29 is 30.1 Å². The van der Waals surface area contributed by atoms with Crippen LogP contribution in [0.15, 0.2) is 24.3 Å². The Morgan fingerprint density at radius 1 is 1.41 bits per heavy atom.